The molecule has 0 aliphatic carbocycles. The van der Waals surface area contributed by atoms with Gasteiger partial charge in [0.15, 0.2) is 0 Å². The first-order valence-electron chi connectivity index (χ1n) is 11.4. The van der Waals surface area contributed by atoms with E-state index in [0.717, 1.165) is 36.4 Å². The number of hydrogen-bond acceptors (Lipinski definition) is 6. The molecule has 196 valence electrons. The Bertz CT molecular complexity index is 1390. The number of carbonyl (C=O) groups is 2. The number of H-pyrrole nitrogens is 1. The van der Waals surface area contributed by atoms with Crippen molar-refractivity contribution in [3.8, 4) is 16.9 Å². The van der Waals surface area contributed by atoms with Crippen molar-refractivity contribution in [2.24, 2.45) is 0 Å². The second-order valence-corrected chi connectivity index (χ2v) is 10.1. The number of halogens is 4. The average molecular weight is 554 g/mol. The van der Waals surface area contributed by atoms with Gasteiger partial charge in [0.2, 0.25) is 6.41 Å². The largest absolute Gasteiger partial charge is 0.507 e. The van der Waals surface area contributed by atoms with E-state index in [-0.39, 0.29) is 55.7 Å². The summed E-state index contributed by atoms with van der Waals surface area (Å²) in [5.74, 6) is -0.500. The first kappa shape index (κ1) is 27.0. The van der Waals surface area contributed by atoms with Crippen molar-refractivity contribution in [1.29, 1.82) is 0 Å². The molecule has 2 N–H and O–H groups in total. The lowest BCUT2D eigenvalue weighted by Gasteiger charge is -2.32. The molecule has 1 aliphatic heterocycles. The molecule has 0 bridgehead atoms. The van der Waals surface area contributed by atoms with Crippen molar-refractivity contribution < 1.29 is 27.9 Å². The number of aromatic amines is 1. The van der Waals surface area contributed by atoms with Gasteiger partial charge in [0, 0.05) is 66.2 Å². The molecule has 0 spiro atoms. The molecule has 0 atom stereocenters. The van der Waals surface area contributed by atoms with Crippen LogP contribution in [-0.4, -0.2) is 70.6 Å². The minimum absolute atomic E-state index is 0.0114. The monoisotopic (exact) mass is 553 g/mol. The van der Waals surface area contributed by atoms with Crippen LogP contribution in [0.15, 0.2) is 46.1 Å². The fourth-order valence-electron chi connectivity index (χ4n) is 4.16. The molecular formula is C25H23ClF3N3O4S. The average Bonchev–Trinajstić information content (AvgIpc) is 2.87. The quantitative estimate of drug-likeness (QED) is 0.317. The minimum atomic E-state index is -4.63. The predicted molar refractivity (Wildman–Crippen MR) is 136 cm³/mol. The molecule has 7 nitrogen and oxygen atoms in total. The lowest BCUT2D eigenvalue weighted by Crippen LogP contribution is -2.46. The van der Waals surface area contributed by atoms with Gasteiger partial charge in [0.05, 0.1) is 16.2 Å². The minimum Gasteiger partial charge on any atom is -0.507 e. The molecule has 0 radical (unpaired) electrons. The topological polar surface area (TPSA) is 93.7 Å². The zero-order valence-electron chi connectivity index (χ0n) is 19.5. The maximum absolute atomic E-state index is 13.5. The number of nitrogens with one attached hydrogen (secondary N) is 1. The molecule has 2 heterocycles. The van der Waals surface area contributed by atoms with Crippen LogP contribution in [0.1, 0.15) is 12.0 Å². The Morgan fingerprint density at radius 2 is 1.86 bits per heavy atom. The van der Waals surface area contributed by atoms with Crippen LogP contribution in [0.5, 0.6) is 5.75 Å². The van der Waals surface area contributed by atoms with Crippen LogP contribution < -0.4 is 5.56 Å². The Kier molecular flexibility index (Phi) is 8.15. The van der Waals surface area contributed by atoms with Crippen molar-refractivity contribution >= 4 is 46.5 Å². The Morgan fingerprint density at radius 1 is 1.14 bits per heavy atom. The van der Waals surface area contributed by atoms with Gasteiger partial charge in [-0.05, 0) is 36.4 Å². The highest BCUT2D eigenvalue weighted by atomic mass is 35.5. The Hall–Kier alpha value is -3.02. The number of thioether (sulfide) groups is 1. The third-order valence-corrected chi connectivity index (χ3v) is 7.55. The third-order valence-electron chi connectivity index (χ3n) is 6.17. The van der Waals surface area contributed by atoms with E-state index in [4.69, 9.17) is 11.6 Å². The van der Waals surface area contributed by atoms with Crippen LogP contribution in [-0.2, 0) is 15.8 Å². The number of pyridine rings is 1. The fraction of sp³-hybridized carbons (Fsp3) is 0.320. The van der Waals surface area contributed by atoms with Crippen molar-refractivity contribution in [2.75, 3.05) is 38.5 Å². The zero-order valence-corrected chi connectivity index (χ0v) is 21.1. The highest BCUT2D eigenvalue weighted by Crippen LogP contribution is 2.42. The maximum Gasteiger partial charge on any atom is 0.416 e. The van der Waals surface area contributed by atoms with E-state index in [1.807, 2.05) is 0 Å². The second-order valence-electron chi connectivity index (χ2n) is 8.64. The van der Waals surface area contributed by atoms with Gasteiger partial charge in [-0.25, -0.2) is 0 Å². The number of hydrogen-bond donors (Lipinski definition) is 2. The van der Waals surface area contributed by atoms with Gasteiger partial charge in [-0.15, -0.1) is 11.8 Å². The number of Topliss-reactive ketones (excluding diaryl/α,β-unsaturated/α-hetero) is 1. The van der Waals surface area contributed by atoms with Gasteiger partial charge in [0.1, 0.15) is 11.5 Å². The summed E-state index contributed by atoms with van der Waals surface area (Å²) in [5, 5.41) is 10.8. The summed E-state index contributed by atoms with van der Waals surface area (Å²) < 4.78 is 40.5. The zero-order chi connectivity index (χ0) is 26.7. The van der Waals surface area contributed by atoms with Gasteiger partial charge in [0.25, 0.3) is 5.56 Å². The highest BCUT2D eigenvalue weighted by Gasteiger charge is 2.31. The predicted octanol–water partition coefficient (Wildman–Crippen LogP) is 4.40. The molecule has 1 aliphatic rings. The number of phenolic OH excluding ortho intramolecular Hbond substituents is 1. The number of rotatable bonds is 8. The number of fused-ring (bicyclic) bond motifs is 1. The number of ketones is 1. The molecule has 0 saturated carbocycles. The van der Waals surface area contributed by atoms with Crippen LogP contribution in [0, 0.1) is 0 Å². The van der Waals surface area contributed by atoms with Crippen molar-refractivity contribution in [3.05, 3.63) is 57.3 Å². The fourth-order valence-corrected chi connectivity index (χ4v) is 5.33. The summed E-state index contributed by atoms with van der Waals surface area (Å²) in [5.41, 5.74) is -1.20. The first-order chi connectivity index (χ1) is 17.6. The molecular weight excluding hydrogens is 531 g/mol. The SMILES string of the molecule is O=CN1CCN(CCC(=O)CSc2c(-c3cc(Cl)ccc3O)c3cc(C(F)(F)F)ccc3[nH]c2=O)CC1. The van der Waals surface area contributed by atoms with Gasteiger partial charge < -0.3 is 15.0 Å². The highest BCUT2D eigenvalue weighted by molar-refractivity contribution is 8.00. The van der Waals surface area contributed by atoms with Crippen LogP contribution in [0.25, 0.3) is 22.0 Å². The lowest BCUT2D eigenvalue weighted by molar-refractivity contribution is -0.137. The van der Waals surface area contributed by atoms with Crippen LogP contribution >= 0.6 is 23.4 Å². The standard InChI is InChI=1S/C25H23ClF3N3O4S/c26-16-2-4-21(35)19(12-16)22-18-11-15(25(27,28)29)1-3-20(18)30-24(36)23(22)37-13-17(34)5-6-31-7-9-32(14-33)10-8-31/h1-4,11-12,14,35H,5-10,13H2,(H,30,36). The number of piperazine rings is 1. The molecule has 3 aromatic rings. The molecule has 1 fully saturated rings. The first-order valence-corrected chi connectivity index (χ1v) is 12.8. The molecule has 1 saturated heterocycles. The Balaban J connectivity index is 1.65. The van der Waals surface area contributed by atoms with Gasteiger partial charge in [-0.1, -0.05) is 11.6 Å². The molecule has 0 unspecified atom stereocenters. The molecule has 4 rings (SSSR count). The summed E-state index contributed by atoms with van der Waals surface area (Å²) >= 11 is 7.02. The van der Waals surface area contributed by atoms with E-state index in [2.05, 4.69) is 9.88 Å². The summed E-state index contributed by atoms with van der Waals surface area (Å²) in [6.07, 6.45) is -3.61. The Labute approximate surface area is 219 Å². The summed E-state index contributed by atoms with van der Waals surface area (Å²) in [4.78, 5) is 42.9. The molecule has 37 heavy (non-hydrogen) atoms. The van der Waals surface area contributed by atoms with E-state index in [1.54, 1.807) is 4.90 Å². The number of alkyl halides is 3. The summed E-state index contributed by atoms with van der Waals surface area (Å²) in [6, 6.07) is 7.02. The van der Waals surface area contributed by atoms with E-state index in [9.17, 15) is 32.7 Å². The second kappa shape index (κ2) is 11.2. The van der Waals surface area contributed by atoms with Crippen molar-refractivity contribution in [3.63, 3.8) is 0 Å². The van der Waals surface area contributed by atoms with Crippen molar-refractivity contribution in [1.82, 2.24) is 14.8 Å². The molecule has 1 aromatic heterocycles. The number of phenols is 1. The molecule has 12 heteroatoms. The van der Waals surface area contributed by atoms with Crippen molar-refractivity contribution in [2.45, 2.75) is 17.5 Å². The van der Waals surface area contributed by atoms with Gasteiger partial charge >= 0.3 is 6.18 Å². The molecule has 2 aromatic carbocycles. The number of nitrogens with zero attached hydrogens (tertiary/aromatic N) is 2. The van der Waals surface area contributed by atoms with Gasteiger partial charge in [-0.2, -0.15) is 13.2 Å². The summed E-state index contributed by atoms with van der Waals surface area (Å²) in [6.45, 7) is 2.99. The number of amides is 1. The van der Waals surface area contributed by atoms with Crippen LogP contribution in [0.3, 0.4) is 0 Å². The van der Waals surface area contributed by atoms with E-state index in [1.165, 1.54) is 18.2 Å². The maximum atomic E-state index is 13.5. The summed E-state index contributed by atoms with van der Waals surface area (Å²) in [7, 11) is 0. The van der Waals surface area contributed by atoms with E-state index >= 15 is 0 Å². The number of aromatic hydroxyl groups is 1. The molecule has 1 amide bonds. The lowest BCUT2D eigenvalue weighted by atomic mass is 9.98. The van der Waals surface area contributed by atoms with E-state index < -0.39 is 17.3 Å². The Morgan fingerprint density at radius 3 is 2.54 bits per heavy atom. The van der Waals surface area contributed by atoms with Crippen LogP contribution in [0.2, 0.25) is 5.02 Å². The number of benzene rings is 2. The smallest absolute Gasteiger partial charge is 0.416 e. The third kappa shape index (κ3) is 6.28. The van der Waals surface area contributed by atoms with Gasteiger partial charge in [-0.3, -0.25) is 19.3 Å². The normalized spacial score (nSPS) is 14.8. The van der Waals surface area contributed by atoms with E-state index in [0.29, 0.717) is 32.7 Å². The van der Waals surface area contributed by atoms with Crippen LogP contribution in [0.4, 0.5) is 13.2 Å². The number of aromatic nitrogens is 1. The number of carbonyl (C=O) groups excluding carboxylic acids is 2.